The number of rotatable bonds is 6. The standard InChI is InChI=1S/C15H22N2O2/c16-14-4-2-1-3-13(14)5-6-15(18)17-9-7-12-8-10-19-11-12/h1-4,12H,5-11,16H2,(H,17,18). The lowest BCUT2D eigenvalue weighted by molar-refractivity contribution is -0.121. The second-order valence-electron chi connectivity index (χ2n) is 5.07. The molecule has 1 amide bonds. The van der Waals surface area contributed by atoms with Gasteiger partial charge in [0.1, 0.15) is 0 Å². The Labute approximate surface area is 114 Å². The van der Waals surface area contributed by atoms with E-state index >= 15 is 0 Å². The van der Waals surface area contributed by atoms with E-state index in [-0.39, 0.29) is 5.91 Å². The number of anilines is 1. The van der Waals surface area contributed by atoms with Crippen LogP contribution in [0.25, 0.3) is 0 Å². The van der Waals surface area contributed by atoms with Crippen molar-refractivity contribution in [1.82, 2.24) is 5.32 Å². The number of benzene rings is 1. The number of aryl methyl sites for hydroxylation is 1. The molecular weight excluding hydrogens is 240 g/mol. The van der Waals surface area contributed by atoms with Gasteiger partial charge in [-0.15, -0.1) is 0 Å². The Balaban J connectivity index is 1.63. The second kappa shape index (κ2) is 7.14. The Morgan fingerprint density at radius 1 is 1.42 bits per heavy atom. The molecule has 0 aliphatic carbocycles. The van der Waals surface area contributed by atoms with E-state index in [1.165, 1.54) is 0 Å². The molecule has 104 valence electrons. The van der Waals surface area contributed by atoms with Crippen molar-refractivity contribution in [3.63, 3.8) is 0 Å². The quantitative estimate of drug-likeness (QED) is 0.768. The normalized spacial score (nSPS) is 18.4. The second-order valence-corrected chi connectivity index (χ2v) is 5.07. The summed E-state index contributed by atoms with van der Waals surface area (Å²) in [5.74, 6) is 0.715. The molecule has 4 nitrogen and oxygen atoms in total. The molecule has 1 heterocycles. The lowest BCUT2D eigenvalue weighted by Crippen LogP contribution is -2.26. The molecule has 1 aliphatic heterocycles. The number of hydrogen-bond donors (Lipinski definition) is 2. The number of para-hydroxylation sites is 1. The molecule has 1 aliphatic rings. The minimum absolute atomic E-state index is 0.0992. The Hall–Kier alpha value is -1.55. The smallest absolute Gasteiger partial charge is 0.220 e. The largest absolute Gasteiger partial charge is 0.399 e. The third kappa shape index (κ3) is 4.56. The van der Waals surface area contributed by atoms with Gasteiger partial charge in [0.25, 0.3) is 0 Å². The number of carbonyl (C=O) groups excluding carboxylic acids is 1. The van der Waals surface area contributed by atoms with Crippen LogP contribution in [0.3, 0.4) is 0 Å². The summed E-state index contributed by atoms with van der Waals surface area (Å²) in [6, 6.07) is 7.69. The number of nitrogens with one attached hydrogen (secondary N) is 1. The highest BCUT2D eigenvalue weighted by Gasteiger charge is 2.15. The maximum absolute atomic E-state index is 11.7. The van der Waals surface area contributed by atoms with Crippen LogP contribution in [0.1, 0.15) is 24.8 Å². The summed E-state index contributed by atoms with van der Waals surface area (Å²) in [5, 5.41) is 2.96. The van der Waals surface area contributed by atoms with Gasteiger partial charge in [-0.05, 0) is 36.8 Å². The lowest BCUT2D eigenvalue weighted by Gasteiger charge is -2.09. The molecule has 1 aromatic rings. The van der Waals surface area contributed by atoms with Crippen LogP contribution in [0.4, 0.5) is 5.69 Å². The molecule has 0 aromatic heterocycles. The Morgan fingerprint density at radius 2 is 2.26 bits per heavy atom. The fourth-order valence-electron chi connectivity index (χ4n) is 2.33. The summed E-state index contributed by atoms with van der Waals surface area (Å²) in [6.45, 7) is 2.46. The minimum Gasteiger partial charge on any atom is -0.399 e. The first-order valence-corrected chi connectivity index (χ1v) is 6.93. The molecule has 3 N–H and O–H groups in total. The van der Waals surface area contributed by atoms with Gasteiger partial charge < -0.3 is 15.8 Å². The molecule has 1 atom stereocenters. The summed E-state index contributed by atoms with van der Waals surface area (Å²) in [4.78, 5) is 11.7. The van der Waals surface area contributed by atoms with Gasteiger partial charge in [-0.3, -0.25) is 4.79 Å². The fourth-order valence-corrected chi connectivity index (χ4v) is 2.33. The summed E-state index contributed by atoms with van der Waals surface area (Å²) in [7, 11) is 0. The maximum Gasteiger partial charge on any atom is 0.220 e. The zero-order valence-corrected chi connectivity index (χ0v) is 11.2. The van der Waals surface area contributed by atoms with Crippen molar-refractivity contribution >= 4 is 11.6 Å². The van der Waals surface area contributed by atoms with Gasteiger partial charge >= 0.3 is 0 Å². The Bertz CT molecular complexity index is 414. The number of hydrogen-bond acceptors (Lipinski definition) is 3. The summed E-state index contributed by atoms with van der Waals surface area (Å²) in [5.41, 5.74) is 7.65. The van der Waals surface area contributed by atoms with Crippen LogP contribution >= 0.6 is 0 Å². The molecular formula is C15H22N2O2. The van der Waals surface area contributed by atoms with Gasteiger partial charge in [0, 0.05) is 31.9 Å². The van der Waals surface area contributed by atoms with E-state index < -0.39 is 0 Å². The van der Waals surface area contributed by atoms with E-state index in [0.29, 0.717) is 18.8 Å². The highest BCUT2D eigenvalue weighted by atomic mass is 16.5. The molecule has 0 radical (unpaired) electrons. The van der Waals surface area contributed by atoms with Crippen LogP contribution < -0.4 is 11.1 Å². The third-order valence-corrected chi connectivity index (χ3v) is 3.58. The molecule has 19 heavy (non-hydrogen) atoms. The van der Waals surface area contributed by atoms with Crippen LogP contribution in [-0.4, -0.2) is 25.7 Å². The van der Waals surface area contributed by atoms with Crippen LogP contribution in [0.5, 0.6) is 0 Å². The molecule has 0 saturated carbocycles. The lowest BCUT2D eigenvalue weighted by atomic mass is 10.1. The maximum atomic E-state index is 11.7. The van der Waals surface area contributed by atoms with Crippen molar-refractivity contribution in [2.24, 2.45) is 5.92 Å². The number of ether oxygens (including phenoxy) is 1. The van der Waals surface area contributed by atoms with Crippen molar-refractivity contribution in [1.29, 1.82) is 0 Å². The van der Waals surface area contributed by atoms with Crippen molar-refractivity contribution < 1.29 is 9.53 Å². The van der Waals surface area contributed by atoms with E-state index in [1.54, 1.807) is 0 Å². The monoisotopic (exact) mass is 262 g/mol. The average Bonchev–Trinajstić information content (AvgIpc) is 2.91. The zero-order chi connectivity index (χ0) is 13.5. The molecule has 2 rings (SSSR count). The summed E-state index contributed by atoms with van der Waals surface area (Å²) >= 11 is 0. The van der Waals surface area contributed by atoms with Crippen molar-refractivity contribution in [2.45, 2.75) is 25.7 Å². The van der Waals surface area contributed by atoms with Crippen molar-refractivity contribution in [3.05, 3.63) is 29.8 Å². The van der Waals surface area contributed by atoms with E-state index in [1.807, 2.05) is 24.3 Å². The van der Waals surface area contributed by atoms with Crippen LogP contribution in [0, 0.1) is 5.92 Å². The van der Waals surface area contributed by atoms with E-state index in [9.17, 15) is 4.79 Å². The highest BCUT2D eigenvalue weighted by Crippen LogP contribution is 2.15. The third-order valence-electron chi connectivity index (χ3n) is 3.58. The molecule has 4 heteroatoms. The van der Waals surface area contributed by atoms with Crippen LogP contribution in [-0.2, 0) is 16.0 Å². The SMILES string of the molecule is Nc1ccccc1CCC(=O)NCCC1CCOC1. The Kier molecular flexibility index (Phi) is 5.21. The molecule has 1 fully saturated rings. The number of carbonyl (C=O) groups is 1. The predicted octanol–water partition coefficient (Wildman–Crippen LogP) is 1.74. The average molecular weight is 262 g/mol. The number of nitrogens with two attached hydrogens (primary N) is 1. The van der Waals surface area contributed by atoms with Gasteiger partial charge in [0.05, 0.1) is 0 Å². The molecule has 0 spiro atoms. The predicted molar refractivity (Wildman–Crippen MR) is 75.7 cm³/mol. The van der Waals surface area contributed by atoms with E-state index in [4.69, 9.17) is 10.5 Å². The topological polar surface area (TPSA) is 64.4 Å². The highest BCUT2D eigenvalue weighted by molar-refractivity contribution is 5.76. The van der Waals surface area contributed by atoms with Gasteiger partial charge in [0.2, 0.25) is 5.91 Å². The first kappa shape index (κ1) is 13.9. The van der Waals surface area contributed by atoms with Crippen LogP contribution in [0.2, 0.25) is 0 Å². The van der Waals surface area contributed by atoms with Crippen molar-refractivity contribution in [2.75, 3.05) is 25.5 Å². The number of nitrogen functional groups attached to an aromatic ring is 1. The van der Waals surface area contributed by atoms with E-state index in [0.717, 1.165) is 43.9 Å². The molecule has 1 saturated heterocycles. The Morgan fingerprint density at radius 3 is 3.00 bits per heavy atom. The molecule has 0 bridgehead atoms. The van der Waals surface area contributed by atoms with Crippen LogP contribution in [0.15, 0.2) is 24.3 Å². The zero-order valence-electron chi connectivity index (χ0n) is 11.2. The van der Waals surface area contributed by atoms with E-state index in [2.05, 4.69) is 5.32 Å². The fraction of sp³-hybridized carbons (Fsp3) is 0.533. The van der Waals surface area contributed by atoms with Gasteiger partial charge in [-0.2, -0.15) is 0 Å². The molecule has 1 aromatic carbocycles. The van der Waals surface area contributed by atoms with Gasteiger partial charge in [-0.1, -0.05) is 18.2 Å². The van der Waals surface area contributed by atoms with Crippen molar-refractivity contribution in [3.8, 4) is 0 Å². The van der Waals surface area contributed by atoms with Gasteiger partial charge in [-0.25, -0.2) is 0 Å². The summed E-state index contributed by atoms with van der Waals surface area (Å²) < 4.78 is 5.31. The minimum atomic E-state index is 0.0992. The first-order valence-electron chi connectivity index (χ1n) is 6.93. The summed E-state index contributed by atoms with van der Waals surface area (Å²) in [6.07, 6.45) is 3.33. The first-order chi connectivity index (χ1) is 9.25. The molecule has 1 unspecified atom stereocenters. The number of amides is 1. The van der Waals surface area contributed by atoms with Gasteiger partial charge in [0.15, 0.2) is 0 Å².